The highest BCUT2D eigenvalue weighted by Crippen LogP contribution is 2.15. The maximum absolute atomic E-state index is 10.9. The molecule has 0 aliphatic carbocycles. The number of ether oxygens (including phenoxy) is 3. The zero-order valence-corrected chi connectivity index (χ0v) is 15.0. The largest absolute Gasteiger partial charge is 0.491 e. The van der Waals surface area contributed by atoms with Crippen molar-refractivity contribution >= 4 is 11.6 Å². The van der Waals surface area contributed by atoms with Gasteiger partial charge in [-0.3, -0.25) is 4.79 Å². The summed E-state index contributed by atoms with van der Waals surface area (Å²) in [6.07, 6.45) is 6.29. The van der Waals surface area contributed by atoms with Crippen molar-refractivity contribution in [3.63, 3.8) is 0 Å². The molecule has 5 heteroatoms. The second-order valence-electron chi connectivity index (χ2n) is 5.69. The first-order chi connectivity index (χ1) is 11.7. The monoisotopic (exact) mass is 337 g/mol. The Morgan fingerprint density at radius 3 is 2.17 bits per heavy atom. The van der Waals surface area contributed by atoms with Gasteiger partial charge in [0.1, 0.15) is 12.4 Å². The summed E-state index contributed by atoms with van der Waals surface area (Å²) < 4.78 is 16.6. The van der Waals surface area contributed by atoms with Crippen LogP contribution >= 0.6 is 0 Å². The predicted octanol–water partition coefficient (Wildman–Crippen LogP) is 4.03. The van der Waals surface area contributed by atoms with Gasteiger partial charge < -0.3 is 19.5 Å². The molecule has 0 saturated carbocycles. The number of benzene rings is 1. The number of rotatable bonds is 14. The summed E-state index contributed by atoms with van der Waals surface area (Å²) in [7, 11) is 0. The van der Waals surface area contributed by atoms with Gasteiger partial charge in [0.15, 0.2) is 0 Å². The van der Waals surface area contributed by atoms with Crippen LogP contribution in [0.4, 0.5) is 5.69 Å². The Morgan fingerprint density at radius 1 is 0.875 bits per heavy atom. The van der Waals surface area contributed by atoms with E-state index in [0.717, 1.165) is 24.5 Å². The third kappa shape index (κ3) is 11.0. The molecular formula is C19H31NO4. The van der Waals surface area contributed by atoms with E-state index in [-0.39, 0.29) is 5.91 Å². The lowest BCUT2D eigenvalue weighted by Crippen LogP contribution is -2.11. The molecule has 0 radical (unpaired) electrons. The minimum Gasteiger partial charge on any atom is -0.491 e. The standard InChI is InChI=1S/C19H31NO4/c1-3-4-5-6-7-12-22-13-14-23-15-16-24-19-10-8-18(9-11-19)20-17(2)21/h8-11H,3-7,12-16H2,1-2H3,(H,20,21). The summed E-state index contributed by atoms with van der Waals surface area (Å²) in [4.78, 5) is 10.9. The normalized spacial score (nSPS) is 10.6. The van der Waals surface area contributed by atoms with Crippen LogP contribution in [-0.2, 0) is 14.3 Å². The maximum atomic E-state index is 10.9. The molecule has 0 saturated heterocycles. The van der Waals surface area contributed by atoms with E-state index in [2.05, 4.69) is 12.2 Å². The van der Waals surface area contributed by atoms with Gasteiger partial charge in [0.25, 0.3) is 0 Å². The minimum absolute atomic E-state index is 0.0831. The Bertz CT molecular complexity index is 433. The number of nitrogens with one attached hydrogen (secondary N) is 1. The number of unbranched alkanes of at least 4 members (excludes halogenated alkanes) is 4. The van der Waals surface area contributed by atoms with E-state index >= 15 is 0 Å². The first-order valence-corrected chi connectivity index (χ1v) is 8.88. The maximum Gasteiger partial charge on any atom is 0.221 e. The van der Waals surface area contributed by atoms with Crippen molar-refractivity contribution in [2.75, 3.05) is 38.4 Å². The second-order valence-corrected chi connectivity index (χ2v) is 5.69. The number of anilines is 1. The predicted molar refractivity (Wildman–Crippen MR) is 96.6 cm³/mol. The molecule has 1 aromatic rings. The Labute approximate surface area is 145 Å². The topological polar surface area (TPSA) is 56.8 Å². The molecule has 0 spiro atoms. The fourth-order valence-electron chi connectivity index (χ4n) is 2.19. The molecule has 0 aliphatic rings. The zero-order chi connectivity index (χ0) is 17.5. The molecule has 0 unspecified atom stereocenters. The van der Waals surface area contributed by atoms with E-state index in [1.165, 1.54) is 32.6 Å². The van der Waals surface area contributed by atoms with Crippen LogP contribution in [0.3, 0.4) is 0 Å². The van der Waals surface area contributed by atoms with Crippen molar-refractivity contribution in [3.8, 4) is 5.75 Å². The minimum atomic E-state index is -0.0831. The molecule has 136 valence electrons. The summed E-state index contributed by atoms with van der Waals surface area (Å²) in [5.41, 5.74) is 0.762. The van der Waals surface area contributed by atoms with Crippen molar-refractivity contribution in [1.82, 2.24) is 0 Å². The first-order valence-electron chi connectivity index (χ1n) is 8.88. The average Bonchev–Trinajstić information content (AvgIpc) is 2.57. The lowest BCUT2D eigenvalue weighted by Gasteiger charge is -2.08. The summed E-state index contributed by atoms with van der Waals surface area (Å²) in [6, 6.07) is 7.28. The number of carbonyl (C=O) groups excluding carboxylic acids is 1. The molecule has 1 aromatic carbocycles. The molecule has 1 rings (SSSR count). The summed E-state index contributed by atoms with van der Waals surface area (Å²) >= 11 is 0. The zero-order valence-electron chi connectivity index (χ0n) is 15.0. The van der Waals surface area contributed by atoms with E-state index in [4.69, 9.17) is 14.2 Å². The fraction of sp³-hybridized carbons (Fsp3) is 0.632. The molecule has 1 N–H and O–H groups in total. The third-order valence-corrected chi connectivity index (χ3v) is 3.44. The van der Waals surface area contributed by atoms with Gasteiger partial charge in [-0.15, -0.1) is 0 Å². The van der Waals surface area contributed by atoms with Crippen LogP contribution in [-0.4, -0.2) is 38.9 Å². The highest BCUT2D eigenvalue weighted by Gasteiger charge is 1.97. The van der Waals surface area contributed by atoms with Crippen LogP contribution in [0.5, 0.6) is 5.75 Å². The summed E-state index contributed by atoms with van der Waals surface area (Å²) in [5, 5.41) is 2.71. The molecule has 1 amide bonds. The quantitative estimate of drug-likeness (QED) is 0.521. The van der Waals surface area contributed by atoms with E-state index < -0.39 is 0 Å². The van der Waals surface area contributed by atoms with Crippen molar-refractivity contribution in [2.24, 2.45) is 0 Å². The molecule has 24 heavy (non-hydrogen) atoms. The lowest BCUT2D eigenvalue weighted by molar-refractivity contribution is -0.114. The van der Waals surface area contributed by atoms with E-state index in [0.29, 0.717) is 26.4 Å². The number of hydrogen-bond acceptors (Lipinski definition) is 4. The van der Waals surface area contributed by atoms with Crippen LogP contribution < -0.4 is 10.1 Å². The van der Waals surface area contributed by atoms with Gasteiger partial charge in [-0.25, -0.2) is 0 Å². The van der Waals surface area contributed by atoms with Crippen LogP contribution in [0.2, 0.25) is 0 Å². The summed E-state index contributed by atoms with van der Waals surface area (Å²) in [5.74, 6) is 0.677. The molecule has 0 heterocycles. The SMILES string of the molecule is CCCCCCCOCCOCCOc1ccc(NC(C)=O)cc1. The Balaban J connectivity index is 1.92. The van der Waals surface area contributed by atoms with Crippen molar-refractivity contribution < 1.29 is 19.0 Å². The molecule has 5 nitrogen and oxygen atoms in total. The Kier molecular flexibility index (Phi) is 11.8. The van der Waals surface area contributed by atoms with Gasteiger partial charge in [0.2, 0.25) is 5.91 Å². The van der Waals surface area contributed by atoms with Gasteiger partial charge in [-0.2, -0.15) is 0 Å². The van der Waals surface area contributed by atoms with Crippen LogP contribution in [0.15, 0.2) is 24.3 Å². The number of amides is 1. The summed E-state index contributed by atoms with van der Waals surface area (Å²) in [6.45, 7) is 6.79. The van der Waals surface area contributed by atoms with E-state index in [1.807, 2.05) is 24.3 Å². The van der Waals surface area contributed by atoms with Crippen LogP contribution in [0.1, 0.15) is 46.0 Å². The number of hydrogen-bond donors (Lipinski definition) is 1. The molecule has 0 fully saturated rings. The Hall–Kier alpha value is -1.59. The van der Waals surface area contributed by atoms with Crippen LogP contribution in [0.25, 0.3) is 0 Å². The number of carbonyl (C=O) groups is 1. The first kappa shape index (κ1) is 20.5. The fourth-order valence-corrected chi connectivity index (χ4v) is 2.19. The molecule has 0 atom stereocenters. The molecule has 0 bridgehead atoms. The van der Waals surface area contributed by atoms with Gasteiger partial charge in [-0.05, 0) is 30.7 Å². The highest BCUT2D eigenvalue weighted by atomic mass is 16.5. The van der Waals surface area contributed by atoms with Gasteiger partial charge in [0.05, 0.1) is 19.8 Å². The van der Waals surface area contributed by atoms with Gasteiger partial charge >= 0.3 is 0 Å². The average molecular weight is 337 g/mol. The molecular weight excluding hydrogens is 306 g/mol. The lowest BCUT2D eigenvalue weighted by atomic mass is 10.2. The molecule has 0 aromatic heterocycles. The van der Waals surface area contributed by atoms with Gasteiger partial charge in [-0.1, -0.05) is 32.6 Å². The van der Waals surface area contributed by atoms with E-state index in [1.54, 1.807) is 0 Å². The third-order valence-electron chi connectivity index (χ3n) is 3.44. The highest BCUT2D eigenvalue weighted by molar-refractivity contribution is 5.88. The van der Waals surface area contributed by atoms with Crippen LogP contribution in [0, 0.1) is 0 Å². The smallest absolute Gasteiger partial charge is 0.221 e. The van der Waals surface area contributed by atoms with Crippen molar-refractivity contribution in [2.45, 2.75) is 46.0 Å². The van der Waals surface area contributed by atoms with E-state index in [9.17, 15) is 4.79 Å². The van der Waals surface area contributed by atoms with Crippen molar-refractivity contribution in [3.05, 3.63) is 24.3 Å². The Morgan fingerprint density at radius 2 is 1.50 bits per heavy atom. The second kappa shape index (κ2) is 13.8. The molecule has 0 aliphatic heterocycles. The van der Waals surface area contributed by atoms with Gasteiger partial charge in [0, 0.05) is 19.2 Å². The van der Waals surface area contributed by atoms with Crippen molar-refractivity contribution in [1.29, 1.82) is 0 Å².